The van der Waals surface area contributed by atoms with E-state index in [2.05, 4.69) is 10.1 Å². The number of hydrogen-bond acceptors (Lipinski definition) is 4. The van der Waals surface area contributed by atoms with Crippen molar-refractivity contribution in [2.24, 2.45) is 0 Å². The first-order valence-electron chi connectivity index (χ1n) is 9.98. The monoisotopic (exact) mass is 492 g/mol. The maximum absolute atomic E-state index is 13.3. The summed E-state index contributed by atoms with van der Waals surface area (Å²) in [7, 11) is -4.01. The maximum atomic E-state index is 13.3. The fraction of sp³-hybridized carbons (Fsp3) is 0.174. The number of carbonyl (C=O) groups excluding carboxylic acids is 1. The molecule has 0 aromatic heterocycles. The van der Waals surface area contributed by atoms with Crippen LogP contribution in [0.3, 0.4) is 0 Å². The highest BCUT2D eigenvalue weighted by Gasteiger charge is 2.32. The Hall–Kier alpha value is -3.17. The van der Waals surface area contributed by atoms with E-state index in [0.717, 1.165) is 5.56 Å². The van der Waals surface area contributed by atoms with Gasteiger partial charge in [-0.1, -0.05) is 48.0 Å². The summed E-state index contributed by atoms with van der Waals surface area (Å²) in [6, 6.07) is 17.2. The van der Waals surface area contributed by atoms with Crippen molar-refractivity contribution in [1.82, 2.24) is 5.32 Å². The molecule has 3 aromatic carbocycles. The molecule has 1 aliphatic rings. The Kier molecular flexibility index (Phi) is 6.53. The molecule has 172 valence electrons. The Morgan fingerprint density at radius 3 is 2.61 bits per heavy atom. The van der Waals surface area contributed by atoms with Gasteiger partial charge in [0.05, 0.1) is 10.7 Å². The highest BCUT2D eigenvalue weighted by molar-refractivity contribution is 7.93. The Labute approximate surface area is 194 Å². The molecule has 0 radical (unpaired) electrons. The molecule has 0 aliphatic carbocycles. The van der Waals surface area contributed by atoms with Crippen molar-refractivity contribution in [2.75, 3.05) is 10.8 Å². The number of carbonyl (C=O) groups is 1. The van der Waals surface area contributed by atoms with Crippen LogP contribution in [-0.2, 0) is 23.0 Å². The third-order valence-electron chi connectivity index (χ3n) is 5.23. The minimum Gasteiger partial charge on any atom is -0.434 e. The number of alkyl halides is 2. The van der Waals surface area contributed by atoms with Crippen molar-refractivity contribution in [1.29, 1.82) is 0 Å². The summed E-state index contributed by atoms with van der Waals surface area (Å²) in [4.78, 5) is 12.5. The number of para-hydroxylation sites is 2. The number of fused-ring (bicyclic) bond motifs is 1. The van der Waals surface area contributed by atoms with Gasteiger partial charge in [-0.05, 0) is 42.3 Å². The number of hydrogen-bond donors (Lipinski definition) is 1. The van der Waals surface area contributed by atoms with E-state index in [0.29, 0.717) is 17.7 Å². The number of nitrogens with one attached hydrogen (secondary N) is 1. The smallest absolute Gasteiger partial charge is 0.387 e. The maximum Gasteiger partial charge on any atom is 0.387 e. The predicted octanol–water partition coefficient (Wildman–Crippen LogP) is 4.62. The number of ether oxygens (including phenoxy) is 1. The van der Waals surface area contributed by atoms with Gasteiger partial charge in [0.25, 0.3) is 15.9 Å². The molecular formula is C23H19ClF2N2O4S. The lowest BCUT2D eigenvalue weighted by Gasteiger charge is -2.20. The van der Waals surface area contributed by atoms with Crippen LogP contribution >= 0.6 is 11.6 Å². The molecular weight excluding hydrogens is 474 g/mol. The SMILES string of the molecule is O=C(NCc1ccccc1OC(F)F)c1ccc(Cl)c(S(=O)(=O)N2CCc3ccccc32)c1. The van der Waals surface area contributed by atoms with Crippen molar-refractivity contribution in [2.45, 2.75) is 24.5 Å². The zero-order valence-corrected chi connectivity index (χ0v) is 18.7. The third kappa shape index (κ3) is 4.79. The lowest BCUT2D eigenvalue weighted by molar-refractivity contribution is -0.0504. The van der Waals surface area contributed by atoms with Crippen LogP contribution in [0.15, 0.2) is 71.6 Å². The quantitative estimate of drug-likeness (QED) is 0.522. The fourth-order valence-corrected chi connectivity index (χ4v) is 5.66. The second kappa shape index (κ2) is 9.36. The van der Waals surface area contributed by atoms with Gasteiger partial charge in [-0.15, -0.1) is 0 Å². The molecule has 0 unspecified atom stereocenters. The summed E-state index contributed by atoms with van der Waals surface area (Å²) in [5.74, 6) is -0.642. The van der Waals surface area contributed by atoms with Crippen LogP contribution < -0.4 is 14.4 Å². The molecule has 1 heterocycles. The van der Waals surface area contributed by atoms with E-state index in [-0.39, 0.29) is 34.3 Å². The molecule has 10 heteroatoms. The van der Waals surface area contributed by atoms with Crippen LogP contribution in [0.25, 0.3) is 0 Å². The zero-order valence-electron chi connectivity index (χ0n) is 17.2. The van der Waals surface area contributed by atoms with E-state index >= 15 is 0 Å². The van der Waals surface area contributed by atoms with Crippen LogP contribution in [0.2, 0.25) is 5.02 Å². The number of amides is 1. The Morgan fingerprint density at radius 1 is 1.09 bits per heavy atom. The molecule has 33 heavy (non-hydrogen) atoms. The van der Waals surface area contributed by atoms with Crippen LogP contribution in [0.4, 0.5) is 14.5 Å². The van der Waals surface area contributed by atoms with Crippen LogP contribution in [0.5, 0.6) is 5.75 Å². The first kappa shape index (κ1) is 23.0. The first-order chi connectivity index (χ1) is 15.8. The number of benzene rings is 3. The van der Waals surface area contributed by atoms with Gasteiger partial charge in [0.15, 0.2) is 0 Å². The lowest BCUT2D eigenvalue weighted by Crippen LogP contribution is -2.30. The number of halogens is 3. The average Bonchev–Trinajstić information content (AvgIpc) is 3.23. The molecule has 0 saturated carbocycles. The molecule has 1 N–H and O–H groups in total. The molecule has 0 atom stereocenters. The molecule has 4 rings (SSSR count). The second-order valence-electron chi connectivity index (χ2n) is 7.27. The van der Waals surface area contributed by atoms with Gasteiger partial charge in [0, 0.05) is 24.2 Å². The van der Waals surface area contributed by atoms with E-state index < -0.39 is 22.5 Å². The summed E-state index contributed by atoms with van der Waals surface area (Å²) < 4.78 is 57.6. The normalized spacial score (nSPS) is 13.2. The minimum absolute atomic E-state index is 0.00777. The van der Waals surface area contributed by atoms with Crippen LogP contribution in [0.1, 0.15) is 21.5 Å². The highest BCUT2D eigenvalue weighted by atomic mass is 35.5. The number of rotatable bonds is 7. The van der Waals surface area contributed by atoms with Crippen molar-refractivity contribution < 1.29 is 26.7 Å². The number of sulfonamides is 1. The first-order valence-corrected chi connectivity index (χ1v) is 11.8. The highest BCUT2D eigenvalue weighted by Crippen LogP contribution is 2.35. The molecule has 0 bridgehead atoms. The van der Waals surface area contributed by atoms with Crippen LogP contribution in [0, 0.1) is 0 Å². The molecule has 1 aliphatic heterocycles. The summed E-state index contributed by atoms with van der Waals surface area (Å²) >= 11 is 6.21. The van der Waals surface area contributed by atoms with Gasteiger partial charge in [-0.2, -0.15) is 8.78 Å². The van der Waals surface area contributed by atoms with E-state index in [4.69, 9.17) is 11.6 Å². The van der Waals surface area contributed by atoms with Crippen LogP contribution in [-0.4, -0.2) is 27.5 Å². The Morgan fingerprint density at radius 2 is 1.82 bits per heavy atom. The molecule has 0 saturated heterocycles. The average molecular weight is 493 g/mol. The summed E-state index contributed by atoms with van der Waals surface area (Å²) in [6.45, 7) is -2.82. The number of nitrogens with zero attached hydrogens (tertiary/aromatic N) is 1. The molecule has 6 nitrogen and oxygen atoms in total. The molecule has 0 spiro atoms. The van der Waals surface area contributed by atoms with Crippen molar-refractivity contribution in [3.8, 4) is 5.75 Å². The van der Waals surface area contributed by atoms with E-state index in [1.807, 2.05) is 12.1 Å². The van der Waals surface area contributed by atoms with E-state index in [1.165, 1.54) is 34.6 Å². The summed E-state index contributed by atoms with van der Waals surface area (Å²) in [5, 5.41) is 2.59. The minimum atomic E-state index is -4.01. The third-order valence-corrected chi connectivity index (χ3v) is 7.53. The predicted molar refractivity (Wildman–Crippen MR) is 120 cm³/mol. The number of anilines is 1. The molecule has 1 amide bonds. The van der Waals surface area contributed by atoms with Crippen molar-refractivity contribution >= 4 is 33.2 Å². The van der Waals surface area contributed by atoms with Gasteiger partial charge in [-0.25, -0.2) is 8.42 Å². The summed E-state index contributed by atoms with van der Waals surface area (Å²) in [5.41, 5.74) is 1.91. The topological polar surface area (TPSA) is 75.7 Å². The van der Waals surface area contributed by atoms with Crippen molar-refractivity contribution in [3.63, 3.8) is 0 Å². The Bertz CT molecular complexity index is 1300. The van der Waals surface area contributed by atoms with Gasteiger partial charge in [0.2, 0.25) is 0 Å². The lowest BCUT2D eigenvalue weighted by atomic mass is 10.1. The molecule has 3 aromatic rings. The zero-order chi connectivity index (χ0) is 23.6. The fourth-order valence-electron chi connectivity index (χ4n) is 3.66. The summed E-state index contributed by atoms with van der Waals surface area (Å²) in [6.07, 6.45) is 0.577. The largest absolute Gasteiger partial charge is 0.434 e. The van der Waals surface area contributed by atoms with Gasteiger partial charge >= 0.3 is 6.61 Å². The van der Waals surface area contributed by atoms with E-state index in [1.54, 1.807) is 24.3 Å². The standard InChI is InChI=1S/C23H19ClF2N2O4S/c24-18-10-9-16(22(29)27-14-17-6-2-4-8-20(17)32-23(25)26)13-21(18)33(30,31)28-12-11-15-5-1-3-7-19(15)28/h1-10,13,23H,11-12,14H2,(H,27,29). The van der Waals surface area contributed by atoms with Gasteiger partial charge in [0.1, 0.15) is 10.6 Å². The van der Waals surface area contributed by atoms with Gasteiger partial charge in [-0.3, -0.25) is 9.10 Å². The van der Waals surface area contributed by atoms with Crippen molar-refractivity contribution in [3.05, 3.63) is 88.4 Å². The van der Waals surface area contributed by atoms with E-state index in [9.17, 15) is 22.0 Å². The molecule has 0 fully saturated rings. The second-order valence-corrected chi connectivity index (χ2v) is 9.51. The van der Waals surface area contributed by atoms with Gasteiger partial charge < -0.3 is 10.1 Å². The Balaban J connectivity index is 1.56.